The van der Waals surface area contributed by atoms with Crippen LogP contribution >= 0.6 is 0 Å². The number of methoxy groups -OCH3 is 1. The third-order valence-electron chi connectivity index (χ3n) is 4.41. The van der Waals surface area contributed by atoms with Crippen molar-refractivity contribution in [2.24, 2.45) is 0 Å². The maximum Gasteiger partial charge on any atom is 0.246 e. The van der Waals surface area contributed by atoms with E-state index in [1.807, 2.05) is 24.1 Å². The van der Waals surface area contributed by atoms with Crippen molar-refractivity contribution < 1.29 is 19.0 Å². The van der Waals surface area contributed by atoms with Crippen LogP contribution in [0.5, 0.6) is 17.2 Å². The molecule has 3 rings (SSSR count). The van der Waals surface area contributed by atoms with E-state index >= 15 is 0 Å². The number of carbonyl (C=O) groups is 1. The van der Waals surface area contributed by atoms with Crippen LogP contribution in [0, 0.1) is 0 Å². The number of benzene rings is 1. The number of piperidine rings is 1. The molecule has 1 amide bonds. The van der Waals surface area contributed by atoms with Gasteiger partial charge in [0.1, 0.15) is 13.2 Å². The SMILES string of the molecule is CNC1CCCN(C(=O)/C=C/c2cc(OC)c3c(c2)OCCO3)C1. The van der Waals surface area contributed by atoms with E-state index in [0.29, 0.717) is 36.5 Å². The number of hydrogen-bond donors (Lipinski definition) is 1. The van der Waals surface area contributed by atoms with Gasteiger partial charge in [-0.1, -0.05) is 0 Å². The Kier molecular flexibility index (Phi) is 5.25. The second-order valence-electron chi connectivity index (χ2n) is 5.99. The van der Waals surface area contributed by atoms with E-state index in [2.05, 4.69) is 5.32 Å². The first-order chi connectivity index (χ1) is 11.7. The maximum atomic E-state index is 12.4. The molecule has 1 aromatic carbocycles. The third-order valence-corrected chi connectivity index (χ3v) is 4.41. The zero-order valence-corrected chi connectivity index (χ0v) is 14.2. The predicted octanol–water partition coefficient (Wildman–Crippen LogP) is 1.69. The van der Waals surface area contributed by atoms with E-state index in [-0.39, 0.29) is 5.91 Å². The Balaban J connectivity index is 1.73. The van der Waals surface area contributed by atoms with E-state index in [0.717, 1.165) is 31.5 Å². The van der Waals surface area contributed by atoms with Gasteiger partial charge in [0, 0.05) is 25.2 Å². The zero-order chi connectivity index (χ0) is 16.9. The molecule has 1 aromatic rings. The molecular formula is C18H24N2O4. The van der Waals surface area contributed by atoms with E-state index in [1.54, 1.807) is 19.3 Å². The number of amides is 1. The van der Waals surface area contributed by atoms with Gasteiger partial charge in [-0.05, 0) is 43.7 Å². The Hall–Kier alpha value is -2.21. The maximum absolute atomic E-state index is 12.4. The van der Waals surface area contributed by atoms with Gasteiger partial charge < -0.3 is 24.4 Å². The molecule has 1 saturated heterocycles. The third kappa shape index (κ3) is 3.64. The summed E-state index contributed by atoms with van der Waals surface area (Å²) in [5.74, 6) is 1.93. The number of hydrogen-bond acceptors (Lipinski definition) is 5. The van der Waals surface area contributed by atoms with Crippen LogP contribution in [0.15, 0.2) is 18.2 Å². The van der Waals surface area contributed by atoms with Crippen LogP contribution in [-0.4, -0.2) is 57.3 Å². The summed E-state index contributed by atoms with van der Waals surface area (Å²) in [6.07, 6.45) is 5.56. The van der Waals surface area contributed by atoms with E-state index in [9.17, 15) is 4.79 Å². The largest absolute Gasteiger partial charge is 0.493 e. The minimum Gasteiger partial charge on any atom is -0.493 e. The second-order valence-corrected chi connectivity index (χ2v) is 5.99. The molecule has 2 aliphatic heterocycles. The lowest BCUT2D eigenvalue weighted by atomic mass is 10.1. The molecule has 2 heterocycles. The molecule has 0 spiro atoms. The highest BCUT2D eigenvalue weighted by molar-refractivity contribution is 5.92. The Morgan fingerprint density at radius 1 is 1.38 bits per heavy atom. The zero-order valence-electron chi connectivity index (χ0n) is 14.2. The van der Waals surface area contributed by atoms with Crippen LogP contribution in [0.25, 0.3) is 6.08 Å². The molecule has 1 N–H and O–H groups in total. The number of nitrogens with zero attached hydrogens (tertiary/aromatic N) is 1. The highest BCUT2D eigenvalue weighted by Gasteiger charge is 2.21. The van der Waals surface area contributed by atoms with Gasteiger partial charge in [0.2, 0.25) is 11.7 Å². The lowest BCUT2D eigenvalue weighted by Gasteiger charge is -2.31. The summed E-state index contributed by atoms with van der Waals surface area (Å²) in [5.41, 5.74) is 0.853. The molecule has 1 atom stereocenters. The number of ether oxygens (including phenoxy) is 3. The lowest BCUT2D eigenvalue weighted by Crippen LogP contribution is -2.46. The minimum absolute atomic E-state index is 0.0313. The first-order valence-corrected chi connectivity index (χ1v) is 8.33. The number of likely N-dealkylation sites (N-methyl/N-ethyl adjacent to an activating group) is 1. The molecule has 1 fully saturated rings. The molecule has 0 aromatic heterocycles. The number of likely N-dealkylation sites (tertiary alicyclic amines) is 1. The van der Waals surface area contributed by atoms with E-state index in [1.165, 1.54) is 0 Å². The Labute approximate surface area is 142 Å². The number of nitrogens with one attached hydrogen (secondary N) is 1. The molecule has 1 unspecified atom stereocenters. The smallest absolute Gasteiger partial charge is 0.246 e. The van der Waals surface area contributed by atoms with E-state index in [4.69, 9.17) is 14.2 Å². The summed E-state index contributed by atoms with van der Waals surface area (Å²) in [4.78, 5) is 14.3. The fourth-order valence-electron chi connectivity index (χ4n) is 3.08. The average Bonchev–Trinajstić information content (AvgIpc) is 2.65. The molecular weight excluding hydrogens is 308 g/mol. The summed E-state index contributed by atoms with van der Waals surface area (Å²) in [6, 6.07) is 4.10. The standard InChI is InChI=1S/C18H24N2O4/c1-19-14-4-3-7-20(12-14)17(21)6-5-13-10-15(22-2)18-16(11-13)23-8-9-24-18/h5-6,10-11,14,19H,3-4,7-9,12H2,1-2H3/b6-5+. The van der Waals surface area contributed by atoms with Crippen molar-refractivity contribution in [2.45, 2.75) is 18.9 Å². The summed E-state index contributed by atoms with van der Waals surface area (Å²) in [6.45, 7) is 2.59. The van der Waals surface area contributed by atoms with Crippen LogP contribution in [0.4, 0.5) is 0 Å². The molecule has 2 aliphatic rings. The normalized spacial score (nSPS) is 20.2. The number of carbonyl (C=O) groups excluding carboxylic acids is 1. The molecule has 0 radical (unpaired) electrons. The minimum atomic E-state index is 0.0313. The fourth-order valence-corrected chi connectivity index (χ4v) is 3.08. The summed E-state index contributed by atoms with van der Waals surface area (Å²) in [5, 5.41) is 3.25. The highest BCUT2D eigenvalue weighted by atomic mass is 16.6. The number of fused-ring (bicyclic) bond motifs is 1. The predicted molar refractivity (Wildman–Crippen MR) is 91.7 cm³/mol. The van der Waals surface area contributed by atoms with Crippen molar-refractivity contribution in [1.29, 1.82) is 0 Å². The van der Waals surface area contributed by atoms with Crippen molar-refractivity contribution in [1.82, 2.24) is 10.2 Å². The van der Waals surface area contributed by atoms with E-state index < -0.39 is 0 Å². The molecule has 0 bridgehead atoms. The average molecular weight is 332 g/mol. The molecule has 6 nitrogen and oxygen atoms in total. The van der Waals surface area contributed by atoms with Crippen LogP contribution < -0.4 is 19.5 Å². The van der Waals surface area contributed by atoms with Crippen molar-refractivity contribution in [3.8, 4) is 17.2 Å². The van der Waals surface area contributed by atoms with Gasteiger partial charge in [-0.2, -0.15) is 0 Å². The second kappa shape index (κ2) is 7.57. The van der Waals surface area contributed by atoms with Crippen LogP contribution in [0.2, 0.25) is 0 Å². The Morgan fingerprint density at radius 2 is 2.21 bits per heavy atom. The molecule has 0 saturated carbocycles. The Morgan fingerprint density at radius 3 is 3.00 bits per heavy atom. The van der Waals surface area contributed by atoms with Crippen molar-refractivity contribution in [3.05, 3.63) is 23.8 Å². The first-order valence-electron chi connectivity index (χ1n) is 8.33. The lowest BCUT2D eigenvalue weighted by molar-refractivity contribution is -0.127. The van der Waals surface area contributed by atoms with Gasteiger partial charge in [-0.15, -0.1) is 0 Å². The summed E-state index contributed by atoms with van der Waals surface area (Å²) >= 11 is 0. The van der Waals surface area contributed by atoms with Crippen molar-refractivity contribution in [3.63, 3.8) is 0 Å². The van der Waals surface area contributed by atoms with Crippen LogP contribution in [-0.2, 0) is 4.79 Å². The molecule has 130 valence electrons. The topological polar surface area (TPSA) is 60.0 Å². The molecule has 6 heteroatoms. The fraction of sp³-hybridized carbons (Fsp3) is 0.500. The number of rotatable bonds is 4. The van der Waals surface area contributed by atoms with Gasteiger partial charge in [-0.25, -0.2) is 0 Å². The monoisotopic (exact) mass is 332 g/mol. The van der Waals surface area contributed by atoms with Gasteiger partial charge >= 0.3 is 0 Å². The molecule has 0 aliphatic carbocycles. The van der Waals surface area contributed by atoms with Crippen LogP contribution in [0.1, 0.15) is 18.4 Å². The first kappa shape index (κ1) is 16.6. The van der Waals surface area contributed by atoms with Crippen molar-refractivity contribution in [2.75, 3.05) is 40.5 Å². The summed E-state index contributed by atoms with van der Waals surface area (Å²) in [7, 11) is 3.54. The Bertz CT molecular complexity index is 612. The van der Waals surface area contributed by atoms with Gasteiger partial charge in [0.25, 0.3) is 0 Å². The summed E-state index contributed by atoms with van der Waals surface area (Å²) < 4.78 is 16.6. The van der Waals surface area contributed by atoms with Gasteiger partial charge in [-0.3, -0.25) is 4.79 Å². The quantitative estimate of drug-likeness (QED) is 0.850. The van der Waals surface area contributed by atoms with Crippen molar-refractivity contribution >= 4 is 12.0 Å². The van der Waals surface area contributed by atoms with Crippen LogP contribution in [0.3, 0.4) is 0 Å². The van der Waals surface area contributed by atoms with Gasteiger partial charge in [0.15, 0.2) is 11.5 Å². The van der Waals surface area contributed by atoms with Gasteiger partial charge in [0.05, 0.1) is 7.11 Å². The highest BCUT2D eigenvalue weighted by Crippen LogP contribution is 2.40. The molecule has 24 heavy (non-hydrogen) atoms.